The van der Waals surface area contributed by atoms with Gasteiger partial charge in [-0.2, -0.15) is 0 Å². The van der Waals surface area contributed by atoms with Crippen LogP contribution < -0.4 is 5.32 Å². The number of hydrogen-bond acceptors (Lipinski definition) is 3. The van der Waals surface area contributed by atoms with E-state index in [4.69, 9.17) is 9.84 Å². The van der Waals surface area contributed by atoms with Crippen molar-refractivity contribution in [3.63, 3.8) is 0 Å². The summed E-state index contributed by atoms with van der Waals surface area (Å²) in [4.78, 5) is 0. The highest BCUT2D eigenvalue weighted by Gasteiger charge is 2.26. The number of ether oxygens (including phenoxy) is 1. The highest BCUT2D eigenvalue weighted by molar-refractivity contribution is 4.81. The zero-order valence-electron chi connectivity index (χ0n) is 11.1. The van der Waals surface area contributed by atoms with E-state index < -0.39 is 0 Å². The van der Waals surface area contributed by atoms with Crippen molar-refractivity contribution in [2.24, 2.45) is 11.8 Å². The Labute approximate surface area is 99.6 Å². The minimum atomic E-state index is 0.255. The van der Waals surface area contributed by atoms with Gasteiger partial charge in [0.05, 0.1) is 6.10 Å². The molecule has 0 amide bonds. The number of aliphatic hydroxyl groups excluding tert-OH is 1. The van der Waals surface area contributed by atoms with Crippen molar-refractivity contribution in [2.45, 2.75) is 58.7 Å². The van der Waals surface area contributed by atoms with E-state index in [2.05, 4.69) is 33.0 Å². The van der Waals surface area contributed by atoms with Crippen molar-refractivity contribution >= 4 is 0 Å². The molecule has 0 aromatic carbocycles. The Balaban J connectivity index is 2.36. The topological polar surface area (TPSA) is 41.5 Å². The zero-order valence-corrected chi connectivity index (χ0v) is 11.1. The van der Waals surface area contributed by atoms with Gasteiger partial charge in [-0.3, -0.25) is 0 Å². The quantitative estimate of drug-likeness (QED) is 0.755. The van der Waals surface area contributed by atoms with E-state index in [9.17, 15) is 0 Å². The van der Waals surface area contributed by atoms with Crippen molar-refractivity contribution in [3.8, 4) is 0 Å². The van der Waals surface area contributed by atoms with Gasteiger partial charge < -0.3 is 15.2 Å². The van der Waals surface area contributed by atoms with Gasteiger partial charge in [-0.1, -0.05) is 20.8 Å². The number of nitrogens with one attached hydrogen (secondary N) is 1. The third kappa shape index (κ3) is 4.04. The number of aliphatic hydroxyl groups is 1. The van der Waals surface area contributed by atoms with Crippen LogP contribution in [-0.2, 0) is 4.74 Å². The van der Waals surface area contributed by atoms with E-state index in [1.54, 1.807) is 0 Å². The van der Waals surface area contributed by atoms with Crippen molar-refractivity contribution < 1.29 is 9.84 Å². The second-order valence-electron chi connectivity index (χ2n) is 5.49. The second kappa shape index (κ2) is 6.58. The first-order chi connectivity index (χ1) is 7.54. The van der Waals surface area contributed by atoms with Crippen molar-refractivity contribution in [1.29, 1.82) is 0 Å². The Kier molecular flexibility index (Phi) is 5.73. The minimum Gasteiger partial charge on any atom is -0.396 e. The van der Waals surface area contributed by atoms with Crippen molar-refractivity contribution in [3.05, 3.63) is 0 Å². The smallest absolute Gasteiger partial charge is 0.0612 e. The highest BCUT2D eigenvalue weighted by Crippen LogP contribution is 2.21. The summed E-state index contributed by atoms with van der Waals surface area (Å²) in [5.41, 5.74) is 0. The molecule has 1 rings (SSSR count). The molecule has 0 aromatic heterocycles. The third-order valence-corrected chi connectivity index (χ3v) is 3.70. The predicted molar refractivity (Wildman–Crippen MR) is 66.4 cm³/mol. The van der Waals surface area contributed by atoms with E-state index in [1.165, 1.54) is 0 Å². The molecule has 1 saturated heterocycles. The molecule has 1 aliphatic rings. The van der Waals surface area contributed by atoms with Gasteiger partial charge in [0.2, 0.25) is 0 Å². The number of rotatable bonds is 5. The van der Waals surface area contributed by atoms with Crippen LogP contribution >= 0.6 is 0 Å². The van der Waals surface area contributed by atoms with E-state index in [-0.39, 0.29) is 6.61 Å². The fraction of sp³-hybridized carbons (Fsp3) is 1.00. The molecule has 0 aliphatic carbocycles. The van der Waals surface area contributed by atoms with Crippen LogP contribution in [0.15, 0.2) is 0 Å². The first kappa shape index (κ1) is 13.9. The molecule has 0 bridgehead atoms. The van der Waals surface area contributed by atoms with E-state index >= 15 is 0 Å². The van der Waals surface area contributed by atoms with Gasteiger partial charge in [0, 0.05) is 25.3 Å². The fourth-order valence-corrected chi connectivity index (χ4v) is 2.14. The van der Waals surface area contributed by atoms with Crippen LogP contribution in [0.5, 0.6) is 0 Å². The normalized spacial score (nSPS) is 30.4. The summed E-state index contributed by atoms with van der Waals surface area (Å²) < 4.78 is 5.75. The number of hydrogen-bond donors (Lipinski definition) is 2. The summed E-state index contributed by atoms with van der Waals surface area (Å²) in [5, 5.41) is 12.7. The second-order valence-corrected chi connectivity index (χ2v) is 5.49. The Morgan fingerprint density at radius 2 is 2.00 bits per heavy atom. The molecule has 4 atom stereocenters. The summed E-state index contributed by atoms with van der Waals surface area (Å²) in [5.74, 6) is 0.913. The summed E-state index contributed by atoms with van der Waals surface area (Å²) in [6.07, 6.45) is 2.58. The maximum atomic E-state index is 9.11. The predicted octanol–water partition coefficient (Wildman–Crippen LogP) is 1.80. The molecule has 0 radical (unpaired) electrons. The summed E-state index contributed by atoms with van der Waals surface area (Å²) in [7, 11) is 0. The molecule has 0 aromatic rings. The van der Waals surface area contributed by atoms with Gasteiger partial charge in [0.15, 0.2) is 0 Å². The average Bonchev–Trinajstić information content (AvgIpc) is 2.28. The molecule has 16 heavy (non-hydrogen) atoms. The standard InChI is InChI=1S/C13H27NO2/c1-9(2)13-7-12(5-6-16-13)14-11(4)10(3)8-15/h9-15H,5-8H2,1-4H3. The van der Waals surface area contributed by atoms with Crippen molar-refractivity contribution in [1.82, 2.24) is 5.32 Å². The third-order valence-electron chi connectivity index (χ3n) is 3.70. The average molecular weight is 229 g/mol. The van der Waals surface area contributed by atoms with Gasteiger partial charge in [0.25, 0.3) is 0 Å². The van der Waals surface area contributed by atoms with Crippen LogP contribution in [0.2, 0.25) is 0 Å². The Hall–Kier alpha value is -0.120. The Morgan fingerprint density at radius 3 is 2.56 bits per heavy atom. The lowest BCUT2D eigenvalue weighted by Gasteiger charge is -2.35. The molecule has 1 aliphatic heterocycles. The largest absolute Gasteiger partial charge is 0.396 e. The van der Waals surface area contributed by atoms with Gasteiger partial charge >= 0.3 is 0 Å². The molecule has 0 saturated carbocycles. The van der Waals surface area contributed by atoms with Gasteiger partial charge in [-0.15, -0.1) is 0 Å². The van der Waals surface area contributed by atoms with Crippen molar-refractivity contribution in [2.75, 3.05) is 13.2 Å². The van der Waals surface area contributed by atoms with Crippen LogP contribution in [0, 0.1) is 11.8 Å². The van der Waals surface area contributed by atoms with E-state index in [0.717, 1.165) is 19.4 Å². The summed E-state index contributed by atoms with van der Waals surface area (Å²) in [6.45, 7) is 9.78. The first-order valence-electron chi connectivity index (χ1n) is 6.53. The monoisotopic (exact) mass is 229 g/mol. The summed E-state index contributed by atoms with van der Waals surface area (Å²) in [6, 6.07) is 0.922. The molecule has 2 N–H and O–H groups in total. The Bertz CT molecular complexity index is 196. The van der Waals surface area contributed by atoms with E-state index in [1.807, 2.05) is 0 Å². The lowest BCUT2D eigenvalue weighted by atomic mass is 9.94. The molecule has 0 spiro atoms. The van der Waals surface area contributed by atoms with Gasteiger partial charge in [0.1, 0.15) is 0 Å². The SMILES string of the molecule is CC(C)C1CC(NC(C)C(C)CO)CCO1. The molecular formula is C13H27NO2. The maximum absolute atomic E-state index is 9.11. The van der Waals surface area contributed by atoms with Crippen LogP contribution in [0.25, 0.3) is 0 Å². The van der Waals surface area contributed by atoms with Gasteiger partial charge in [-0.05, 0) is 31.6 Å². The van der Waals surface area contributed by atoms with Crippen LogP contribution in [0.3, 0.4) is 0 Å². The van der Waals surface area contributed by atoms with E-state index in [0.29, 0.717) is 30.0 Å². The molecule has 4 unspecified atom stereocenters. The highest BCUT2D eigenvalue weighted by atomic mass is 16.5. The molecule has 96 valence electrons. The van der Waals surface area contributed by atoms with Crippen LogP contribution in [0.1, 0.15) is 40.5 Å². The van der Waals surface area contributed by atoms with Crippen LogP contribution in [-0.4, -0.2) is 36.5 Å². The molecule has 1 heterocycles. The lowest BCUT2D eigenvalue weighted by molar-refractivity contribution is -0.0269. The Morgan fingerprint density at radius 1 is 1.31 bits per heavy atom. The van der Waals surface area contributed by atoms with Gasteiger partial charge in [-0.25, -0.2) is 0 Å². The zero-order chi connectivity index (χ0) is 12.1. The maximum Gasteiger partial charge on any atom is 0.0612 e. The fourth-order valence-electron chi connectivity index (χ4n) is 2.14. The molecule has 1 fully saturated rings. The van der Waals surface area contributed by atoms with Crippen LogP contribution in [0.4, 0.5) is 0 Å². The lowest BCUT2D eigenvalue weighted by Crippen LogP contribution is -2.46. The molecular weight excluding hydrogens is 202 g/mol. The first-order valence-corrected chi connectivity index (χ1v) is 6.53. The molecule has 3 nitrogen and oxygen atoms in total. The molecule has 3 heteroatoms. The minimum absolute atomic E-state index is 0.255. The summed E-state index contributed by atoms with van der Waals surface area (Å²) >= 11 is 0.